The quantitative estimate of drug-likeness (QED) is 0.474. The van der Waals surface area contributed by atoms with Crippen molar-refractivity contribution in [1.82, 2.24) is 25.2 Å². The molecule has 0 fully saturated rings. The average molecular weight is 374 g/mol. The van der Waals surface area contributed by atoms with Gasteiger partial charge in [-0.3, -0.25) is 0 Å². The van der Waals surface area contributed by atoms with Crippen LogP contribution in [0.25, 0.3) is 11.3 Å². The van der Waals surface area contributed by atoms with Crippen molar-refractivity contribution in [3.8, 4) is 11.3 Å². The lowest BCUT2D eigenvalue weighted by atomic mass is 10.2. The van der Waals surface area contributed by atoms with E-state index in [0.717, 1.165) is 11.3 Å². The summed E-state index contributed by atoms with van der Waals surface area (Å²) in [6.45, 7) is 0.474. The summed E-state index contributed by atoms with van der Waals surface area (Å²) in [5.41, 5.74) is 0.888. The molecule has 0 N–H and O–H groups in total. The molecule has 25 heavy (non-hydrogen) atoms. The Morgan fingerprint density at radius 1 is 1.20 bits per heavy atom. The molecule has 0 atom stereocenters. The van der Waals surface area contributed by atoms with Crippen molar-refractivity contribution in [1.29, 1.82) is 0 Å². The van der Waals surface area contributed by atoms with Gasteiger partial charge in [-0.2, -0.15) is 0 Å². The second kappa shape index (κ2) is 7.12. The summed E-state index contributed by atoms with van der Waals surface area (Å²) in [4.78, 5) is 4.30. The first-order valence-electron chi connectivity index (χ1n) is 7.40. The van der Waals surface area contributed by atoms with Crippen molar-refractivity contribution < 1.29 is 8.83 Å². The van der Waals surface area contributed by atoms with Gasteiger partial charge in [-0.15, -0.1) is 5.10 Å². The van der Waals surface area contributed by atoms with Crippen LogP contribution >= 0.6 is 23.4 Å². The Labute approximate surface area is 152 Å². The largest absolute Gasteiger partial charge is 0.467 e. The standard InChI is InChI=1S/C16H12ClN5O2S/c17-12-4-1-3-11(7-12)14-8-18-15(24-14)10-25-16-19-20-21-22(16)9-13-5-2-6-23-13/h1-8H,9-10H2. The fraction of sp³-hybridized carbons (Fsp3) is 0.125. The smallest absolute Gasteiger partial charge is 0.210 e. The Bertz CT molecular complexity index is 967. The molecule has 0 aliphatic heterocycles. The van der Waals surface area contributed by atoms with Gasteiger partial charge in [0.2, 0.25) is 11.0 Å². The molecule has 0 spiro atoms. The van der Waals surface area contributed by atoms with Crippen LogP contribution in [0.1, 0.15) is 11.7 Å². The van der Waals surface area contributed by atoms with Crippen LogP contribution in [0.5, 0.6) is 0 Å². The number of oxazole rings is 1. The van der Waals surface area contributed by atoms with Gasteiger partial charge in [0.25, 0.3) is 0 Å². The molecule has 0 saturated carbocycles. The lowest BCUT2D eigenvalue weighted by molar-refractivity contribution is 0.462. The van der Waals surface area contributed by atoms with E-state index < -0.39 is 0 Å². The third kappa shape index (κ3) is 3.75. The predicted molar refractivity (Wildman–Crippen MR) is 92.1 cm³/mol. The number of thioether (sulfide) groups is 1. The zero-order valence-corrected chi connectivity index (χ0v) is 14.4. The van der Waals surface area contributed by atoms with E-state index in [1.165, 1.54) is 11.8 Å². The second-order valence-electron chi connectivity index (χ2n) is 5.12. The Kier molecular flexibility index (Phi) is 4.53. The molecule has 0 aliphatic carbocycles. The van der Waals surface area contributed by atoms with Crippen molar-refractivity contribution in [2.24, 2.45) is 0 Å². The molecule has 0 saturated heterocycles. The van der Waals surface area contributed by atoms with Crippen molar-refractivity contribution in [2.75, 3.05) is 0 Å². The predicted octanol–water partition coefficient (Wildman–Crippen LogP) is 3.92. The summed E-state index contributed by atoms with van der Waals surface area (Å²) in [5.74, 6) is 2.56. The third-order valence-corrected chi connectivity index (χ3v) is 4.55. The van der Waals surface area contributed by atoms with E-state index in [1.54, 1.807) is 17.1 Å². The van der Waals surface area contributed by atoms with E-state index in [2.05, 4.69) is 20.5 Å². The van der Waals surface area contributed by atoms with Crippen LogP contribution < -0.4 is 0 Å². The Morgan fingerprint density at radius 3 is 3.00 bits per heavy atom. The van der Waals surface area contributed by atoms with E-state index in [9.17, 15) is 0 Å². The zero-order valence-electron chi connectivity index (χ0n) is 12.9. The SMILES string of the molecule is Clc1cccc(-c2cnc(CSc3nnnn3Cc3ccco3)o2)c1. The molecule has 4 aromatic rings. The highest BCUT2D eigenvalue weighted by molar-refractivity contribution is 7.98. The molecule has 1 aromatic carbocycles. The van der Waals surface area contributed by atoms with E-state index in [4.69, 9.17) is 20.4 Å². The molecule has 3 aromatic heterocycles. The molecule has 0 aliphatic rings. The highest BCUT2D eigenvalue weighted by atomic mass is 35.5. The fourth-order valence-electron chi connectivity index (χ4n) is 2.23. The van der Waals surface area contributed by atoms with Crippen molar-refractivity contribution in [2.45, 2.75) is 17.5 Å². The lowest BCUT2D eigenvalue weighted by Gasteiger charge is -2.01. The number of aromatic nitrogens is 5. The maximum absolute atomic E-state index is 6.01. The van der Waals surface area contributed by atoms with Crippen LogP contribution in [0.15, 0.2) is 62.8 Å². The summed E-state index contributed by atoms with van der Waals surface area (Å²) in [6, 6.07) is 11.2. The number of tetrazole rings is 1. The van der Waals surface area contributed by atoms with Gasteiger partial charge in [0.05, 0.1) is 18.2 Å². The van der Waals surface area contributed by atoms with Gasteiger partial charge in [-0.1, -0.05) is 35.5 Å². The van der Waals surface area contributed by atoms with Crippen LogP contribution in [0.3, 0.4) is 0 Å². The number of benzene rings is 1. The maximum Gasteiger partial charge on any atom is 0.210 e. The second-order valence-corrected chi connectivity index (χ2v) is 6.49. The average Bonchev–Trinajstić information content (AvgIpc) is 3.36. The molecule has 0 radical (unpaired) electrons. The van der Waals surface area contributed by atoms with Gasteiger partial charge in [0.15, 0.2) is 5.76 Å². The van der Waals surface area contributed by atoms with Crippen molar-refractivity contribution >= 4 is 23.4 Å². The number of furan rings is 1. The van der Waals surface area contributed by atoms with Crippen LogP contribution in [-0.4, -0.2) is 25.2 Å². The summed E-state index contributed by atoms with van der Waals surface area (Å²) in [5, 5.41) is 13.0. The van der Waals surface area contributed by atoms with E-state index in [-0.39, 0.29) is 0 Å². The van der Waals surface area contributed by atoms with Gasteiger partial charge in [-0.05, 0) is 34.7 Å². The molecule has 4 rings (SSSR count). The van der Waals surface area contributed by atoms with Gasteiger partial charge in [-0.25, -0.2) is 9.67 Å². The number of rotatable bonds is 6. The highest BCUT2D eigenvalue weighted by Crippen LogP contribution is 2.26. The number of hydrogen-bond donors (Lipinski definition) is 0. The molecular weight excluding hydrogens is 362 g/mol. The minimum absolute atomic E-state index is 0.474. The minimum atomic E-state index is 0.474. The number of hydrogen-bond acceptors (Lipinski definition) is 7. The van der Waals surface area contributed by atoms with E-state index in [0.29, 0.717) is 34.1 Å². The van der Waals surface area contributed by atoms with Crippen LogP contribution in [0.2, 0.25) is 5.02 Å². The molecule has 0 unspecified atom stereocenters. The molecule has 9 heteroatoms. The summed E-state index contributed by atoms with van der Waals surface area (Å²) >= 11 is 7.45. The normalized spacial score (nSPS) is 11.1. The summed E-state index contributed by atoms with van der Waals surface area (Å²) in [7, 11) is 0. The van der Waals surface area contributed by atoms with Crippen molar-refractivity contribution in [3.63, 3.8) is 0 Å². The van der Waals surface area contributed by atoms with Crippen LogP contribution in [0.4, 0.5) is 0 Å². The molecule has 0 bridgehead atoms. The Morgan fingerprint density at radius 2 is 2.16 bits per heavy atom. The number of nitrogens with zero attached hydrogens (tertiary/aromatic N) is 5. The first-order valence-corrected chi connectivity index (χ1v) is 8.76. The monoisotopic (exact) mass is 373 g/mol. The van der Waals surface area contributed by atoms with Gasteiger partial charge in [0, 0.05) is 10.6 Å². The van der Waals surface area contributed by atoms with Crippen molar-refractivity contribution in [3.05, 3.63) is 65.5 Å². The summed E-state index contributed by atoms with van der Waals surface area (Å²) < 4.78 is 12.8. The van der Waals surface area contributed by atoms with Gasteiger partial charge < -0.3 is 8.83 Å². The minimum Gasteiger partial charge on any atom is -0.467 e. The number of halogens is 1. The van der Waals surface area contributed by atoms with Crippen LogP contribution in [0, 0.1) is 0 Å². The highest BCUT2D eigenvalue weighted by Gasteiger charge is 2.12. The lowest BCUT2D eigenvalue weighted by Crippen LogP contribution is -2.03. The fourth-order valence-corrected chi connectivity index (χ4v) is 3.15. The molecular formula is C16H12ClN5O2S. The first kappa shape index (κ1) is 15.9. The Balaban J connectivity index is 1.43. The van der Waals surface area contributed by atoms with Gasteiger partial charge in [0.1, 0.15) is 12.3 Å². The first-order chi connectivity index (χ1) is 12.3. The van der Waals surface area contributed by atoms with E-state index >= 15 is 0 Å². The maximum atomic E-state index is 6.01. The van der Waals surface area contributed by atoms with E-state index in [1.807, 2.05) is 36.4 Å². The molecule has 7 nitrogen and oxygen atoms in total. The molecule has 126 valence electrons. The van der Waals surface area contributed by atoms with Crippen LogP contribution in [-0.2, 0) is 12.3 Å². The molecule has 0 amide bonds. The van der Waals surface area contributed by atoms with Gasteiger partial charge >= 0.3 is 0 Å². The Hall–Kier alpha value is -2.58. The zero-order chi connectivity index (χ0) is 17.1. The third-order valence-electron chi connectivity index (χ3n) is 3.37. The summed E-state index contributed by atoms with van der Waals surface area (Å²) in [6.07, 6.45) is 3.31. The molecule has 3 heterocycles. The topological polar surface area (TPSA) is 82.8 Å².